The average molecular weight is 457 g/mol. The highest BCUT2D eigenvalue weighted by atomic mass is 32.2. The molecule has 2 aliphatic heterocycles. The summed E-state index contributed by atoms with van der Waals surface area (Å²) in [5.74, 6) is 1.07. The summed E-state index contributed by atoms with van der Waals surface area (Å²) in [6.07, 6.45) is 1.33. The smallest absolute Gasteiger partial charge is 0.227 e. The number of anilines is 1. The molecule has 6 rings (SSSR count). The van der Waals surface area contributed by atoms with Gasteiger partial charge in [0.15, 0.2) is 6.10 Å². The molecule has 4 aromatic rings. The molecular weight excluding hydrogens is 435 g/mol. The maximum Gasteiger partial charge on any atom is 0.227 e. The fourth-order valence-electron chi connectivity index (χ4n) is 4.56. The SMILES string of the molecule is CSc1nc2n(n1)C(c1ccc(C)cc1)C1=C(N2)c2ccccc2OC1c1ccccc1F. The number of ether oxygens (including phenoxy) is 1. The quantitative estimate of drug-likeness (QED) is 0.383. The second kappa shape index (κ2) is 7.78. The molecule has 0 saturated carbocycles. The van der Waals surface area contributed by atoms with Crippen molar-refractivity contribution in [1.82, 2.24) is 14.8 Å². The number of thioether (sulfide) groups is 1. The van der Waals surface area contributed by atoms with Gasteiger partial charge in [-0.05, 0) is 36.9 Å². The minimum atomic E-state index is -0.620. The number of para-hydroxylation sites is 1. The molecule has 0 bridgehead atoms. The van der Waals surface area contributed by atoms with Crippen molar-refractivity contribution in [1.29, 1.82) is 0 Å². The number of aromatic nitrogens is 3. The van der Waals surface area contributed by atoms with Crippen molar-refractivity contribution >= 4 is 23.4 Å². The van der Waals surface area contributed by atoms with Gasteiger partial charge >= 0.3 is 0 Å². The number of benzene rings is 3. The van der Waals surface area contributed by atoms with E-state index < -0.39 is 6.10 Å². The van der Waals surface area contributed by atoms with Gasteiger partial charge < -0.3 is 10.1 Å². The maximum absolute atomic E-state index is 15.1. The summed E-state index contributed by atoms with van der Waals surface area (Å²) in [6, 6.07) is 22.7. The van der Waals surface area contributed by atoms with E-state index in [1.54, 1.807) is 12.1 Å². The molecule has 0 aliphatic carbocycles. The van der Waals surface area contributed by atoms with Crippen molar-refractivity contribution < 1.29 is 9.13 Å². The summed E-state index contributed by atoms with van der Waals surface area (Å²) in [6.45, 7) is 2.06. The Balaban J connectivity index is 1.65. The number of hydrogen-bond donors (Lipinski definition) is 1. The van der Waals surface area contributed by atoms with Crippen LogP contribution < -0.4 is 10.1 Å². The average Bonchev–Trinajstić information content (AvgIpc) is 3.26. The molecule has 3 heterocycles. The van der Waals surface area contributed by atoms with Crippen LogP contribution in [0.5, 0.6) is 5.75 Å². The molecule has 7 heteroatoms. The van der Waals surface area contributed by atoms with Crippen LogP contribution in [0.4, 0.5) is 10.3 Å². The van der Waals surface area contributed by atoms with Crippen LogP contribution in [-0.4, -0.2) is 21.0 Å². The molecule has 5 nitrogen and oxygen atoms in total. The number of halogens is 1. The first-order valence-corrected chi connectivity index (χ1v) is 11.9. The van der Waals surface area contributed by atoms with Crippen molar-refractivity contribution in [3.05, 3.63) is 106 Å². The number of hydrogen-bond acceptors (Lipinski definition) is 5. The molecule has 0 spiro atoms. The van der Waals surface area contributed by atoms with Gasteiger partial charge in [0.25, 0.3) is 0 Å². The first-order chi connectivity index (χ1) is 16.1. The molecule has 0 fully saturated rings. The van der Waals surface area contributed by atoms with Crippen LogP contribution in [0.3, 0.4) is 0 Å². The molecule has 3 aromatic carbocycles. The lowest BCUT2D eigenvalue weighted by atomic mass is 9.84. The third-order valence-electron chi connectivity index (χ3n) is 6.12. The Hall–Kier alpha value is -3.58. The molecule has 33 heavy (non-hydrogen) atoms. The molecule has 0 saturated heterocycles. The fourth-order valence-corrected chi connectivity index (χ4v) is 4.91. The molecular formula is C26H21FN4OS. The molecule has 1 aromatic heterocycles. The summed E-state index contributed by atoms with van der Waals surface area (Å²) >= 11 is 1.49. The zero-order chi connectivity index (χ0) is 22.5. The van der Waals surface area contributed by atoms with Crippen molar-refractivity contribution in [2.75, 3.05) is 11.6 Å². The predicted octanol–water partition coefficient (Wildman–Crippen LogP) is 6.01. The second-order valence-electron chi connectivity index (χ2n) is 8.15. The fraction of sp³-hybridized carbons (Fsp3) is 0.154. The van der Waals surface area contributed by atoms with E-state index in [4.69, 9.17) is 14.8 Å². The normalized spacial score (nSPS) is 18.6. The zero-order valence-corrected chi connectivity index (χ0v) is 18.9. The molecule has 2 atom stereocenters. The molecule has 0 amide bonds. The van der Waals surface area contributed by atoms with Crippen LogP contribution in [0.1, 0.15) is 34.4 Å². The van der Waals surface area contributed by atoms with Crippen LogP contribution >= 0.6 is 11.8 Å². The van der Waals surface area contributed by atoms with Gasteiger partial charge in [0.05, 0.1) is 5.70 Å². The highest BCUT2D eigenvalue weighted by molar-refractivity contribution is 7.98. The maximum atomic E-state index is 15.1. The number of fused-ring (bicyclic) bond motifs is 3. The van der Waals surface area contributed by atoms with Gasteiger partial charge in [0, 0.05) is 16.7 Å². The van der Waals surface area contributed by atoms with Gasteiger partial charge in [-0.25, -0.2) is 9.07 Å². The lowest BCUT2D eigenvalue weighted by Gasteiger charge is -2.39. The van der Waals surface area contributed by atoms with E-state index in [1.807, 2.05) is 41.3 Å². The van der Waals surface area contributed by atoms with Crippen molar-refractivity contribution in [3.8, 4) is 5.75 Å². The molecule has 0 radical (unpaired) electrons. The van der Waals surface area contributed by atoms with Gasteiger partial charge in [-0.1, -0.05) is 71.9 Å². The largest absolute Gasteiger partial charge is 0.480 e. The molecule has 164 valence electrons. The summed E-state index contributed by atoms with van der Waals surface area (Å²) in [5, 5.41) is 8.94. The van der Waals surface area contributed by atoms with Gasteiger partial charge in [0.1, 0.15) is 17.6 Å². The Morgan fingerprint density at radius 2 is 1.76 bits per heavy atom. The lowest BCUT2D eigenvalue weighted by Crippen LogP contribution is -2.32. The monoisotopic (exact) mass is 456 g/mol. The summed E-state index contributed by atoms with van der Waals surface area (Å²) in [4.78, 5) is 4.70. The Kier molecular flexibility index (Phi) is 4.73. The first kappa shape index (κ1) is 20.1. The van der Waals surface area contributed by atoms with E-state index in [0.29, 0.717) is 22.4 Å². The van der Waals surface area contributed by atoms with E-state index in [-0.39, 0.29) is 11.9 Å². The van der Waals surface area contributed by atoms with Crippen LogP contribution in [0.15, 0.2) is 83.5 Å². The van der Waals surface area contributed by atoms with Crippen molar-refractivity contribution in [2.24, 2.45) is 0 Å². The Morgan fingerprint density at radius 1 is 1.00 bits per heavy atom. The standard InChI is InChI=1S/C26H21FN4OS/c1-15-11-13-16(14-12-15)23-21-22(28-25-29-26(33-2)30-31(23)25)18-8-4-6-10-20(18)32-24(21)17-7-3-5-9-19(17)27/h3-14,23-24H,1-2H3,(H,28,29,30). The summed E-state index contributed by atoms with van der Waals surface area (Å²) < 4.78 is 23.5. The minimum Gasteiger partial charge on any atom is -0.480 e. The summed E-state index contributed by atoms with van der Waals surface area (Å²) in [7, 11) is 0. The Labute approximate surface area is 195 Å². The minimum absolute atomic E-state index is 0.300. The predicted molar refractivity (Wildman–Crippen MR) is 128 cm³/mol. The van der Waals surface area contributed by atoms with E-state index in [2.05, 4.69) is 36.5 Å². The molecule has 2 aliphatic rings. The zero-order valence-electron chi connectivity index (χ0n) is 18.1. The topological polar surface area (TPSA) is 52.0 Å². The summed E-state index contributed by atoms with van der Waals surface area (Å²) in [5.41, 5.74) is 5.43. The second-order valence-corrected chi connectivity index (χ2v) is 8.92. The van der Waals surface area contributed by atoms with E-state index >= 15 is 4.39 Å². The van der Waals surface area contributed by atoms with E-state index in [1.165, 1.54) is 23.4 Å². The number of aryl methyl sites for hydroxylation is 1. The lowest BCUT2D eigenvalue weighted by molar-refractivity contribution is 0.218. The Bertz CT molecular complexity index is 1400. The van der Waals surface area contributed by atoms with Crippen LogP contribution in [0.2, 0.25) is 0 Å². The van der Waals surface area contributed by atoms with Crippen molar-refractivity contribution in [2.45, 2.75) is 24.2 Å². The van der Waals surface area contributed by atoms with E-state index in [9.17, 15) is 0 Å². The number of nitrogens with zero attached hydrogens (tertiary/aromatic N) is 3. The number of rotatable bonds is 3. The molecule has 1 N–H and O–H groups in total. The third-order valence-corrected chi connectivity index (χ3v) is 6.66. The molecule has 2 unspecified atom stereocenters. The Morgan fingerprint density at radius 3 is 2.55 bits per heavy atom. The van der Waals surface area contributed by atoms with Crippen LogP contribution in [-0.2, 0) is 0 Å². The van der Waals surface area contributed by atoms with E-state index in [0.717, 1.165) is 22.4 Å². The van der Waals surface area contributed by atoms with Gasteiger partial charge in [-0.2, -0.15) is 4.98 Å². The highest BCUT2D eigenvalue weighted by Crippen LogP contribution is 2.51. The van der Waals surface area contributed by atoms with Gasteiger partial charge in [-0.3, -0.25) is 0 Å². The van der Waals surface area contributed by atoms with Gasteiger partial charge in [0.2, 0.25) is 11.1 Å². The van der Waals surface area contributed by atoms with Crippen molar-refractivity contribution in [3.63, 3.8) is 0 Å². The van der Waals surface area contributed by atoms with Crippen LogP contribution in [0.25, 0.3) is 5.70 Å². The first-order valence-electron chi connectivity index (χ1n) is 10.7. The van der Waals surface area contributed by atoms with Gasteiger partial charge in [-0.15, -0.1) is 5.10 Å². The highest BCUT2D eigenvalue weighted by Gasteiger charge is 2.42. The number of nitrogens with one attached hydrogen (secondary N) is 1. The third kappa shape index (κ3) is 3.23. The van der Waals surface area contributed by atoms with Crippen LogP contribution in [0, 0.1) is 12.7 Å².